The van der Waals surface area contributed by atoms with Crippen molar-refractivity contribution in [3.05, 3.63) is 12.2 Å². The minimum absolute atomic E-state index is 1.19. The molecule has 120 valence electrons. The topological polar surface area (TPSA) is 3.24 Å². The van der Waals surface area contributed by atoms with E-state index >= 15 is 0 Å². The summed E-state index contributed by atoms with van der Waals surface area (Å²) in [6, 6.07) is 0. The van der Waals surface area contributed by atoms with Crippen LogP contribution in [0.2, 0.25) is 0 Å². The molecule has 0 rings (SSSR count). The van der Waals surface area contributed by atoms with E-state index in [-0.39, 0.29) is 0 Å². The van der Waals surface area contributed by atoms with Crippen LogP contribution in [0.25, 0.3) is 0 Å². The number of allylic oxidation sites excluding steroid dienone is 2. The van der Waals surface area contributed by atoms with Crippen LogP contribution in [0.1, 0.15) is 90.4 Å². The average Bonchev–Trinajstić information content (AvgIpc) is 2.43. The fourth-order valence-electron chi connectivity index (χ4n) is 2.57. The van der Waals surface area contributed by atoms with Crippen molar-refractivity contribution in [3.63, 3.8) is 0 Å². The summed E-state index contributed by atoms with van der Waals surface area (Å²) in [5.74, 6) is 0. The van der Waals surface area contributed by atoms with Gasteiger partial charge in [-0.05, 0) is 46.3 Å². The van der Waals surface area contributed by atoms with Crippen LogP contribution < -0.4 is 0 Å². The van der Waals surface area contributed by atoms with Crippen molar-refractivity contribution in [2.45, 2.75) is 90.4 Å². The fraction of sp³-hybridized carbons (Fsp3) is 0.895. The third-order valence-electron chi connectivity index (χ3n) is 3.88. The highest BCUT2D eigenvalue weighted by atomic mass is 15.0. The highest BCUT2D eigenvalue weighted by molar-refractivity contribution is 4.79. The van der Waals surface area contributed by atoms with Crippen molar-refractivity contribution in [3.8, 4) is 0 Å². The zero-order valence-corrected chi connectivity index (χ0v) is 14.5. The molecule has 0 atom stereocenters. The third-order valence-corrected chi connectivity index (χ3v) is 3.88. The molecule has 0 aliphatic carbocycles. The highest BCUT2D eigenvalue weighted by Gasteiger charge is 1.94. The second-order valence-electron chi connectivity index (χ2n) is 6.36. The van der Waals surface area contributed by atoms with Gasteiger partial charge in [0.05, 0.1) is 0 Å². The van der Waals surface area contributed by atoms with Gasteiger partial charge in [0.15, 0.2) is 0 Å². The quantitative estimate of drug-likeness (QED) is 0.255. The number of hydrogen-bond donors (Lipinski definition) is 0. The Kier molecular flexibility index (Phi) is 16.5. The van der Waals surface area contributed by atoms with Crippen LogP contribution in [0.4, 0.5) is 0 Å². The van der Waals surface area contributed by atoms with E-state index in [9.17, 15) is 0 Å². The number of unbranched alkanes of at least 4 members (excludes halogenated alkanes) is 11. The molecule has 0 saturated heterocycles. The molecular weight excluding hydrogens is 242 g/mol. The molecule has 0 aromatic heterocycles. The van der Waals surface area contributed by atoms with Crippen LogP contribution in [-0.4, -0.2) is 25.5 Å². The van der Waals surface area contributed by atoms with Crippen LogP contribution in [-0.2, 0) is 0 Å². The number of nitrogens with zero attached hydrogens (tertiary/aromatic N) is 1. The van der Waals surface area contributed by atoms with Crippen molar-refractivity contribution in [1.82, 2.24) is 4.90 Å². The Morgan fingerprint density at radius 1 is 0.600 bits per heavy atom. The Balaban J connectivity index is 2.97. The molecule has 20 heavy (non-hydrogen) atoms. The van der Waals surface area contributed by atoms with Gasteiger partial charge in [0.25, 0.3) is 0 Å². The van der Waals surface area contributed by atoms with Gasteiger partial charge in [-0.15, -0.1) is 0 Å². The molecule has 0 fully saturated rings. The summed E-state index contributed by atoms with van der Waals surface area (Å²) >= 11 is 0. The lowest BCUT2D eigenvalue weighted by atomic mass is 10.0. The molecule has 0 aromatic rings. The van der Waals surface area contributed by atoms with Crippen LogP contribution in [0.3, 0.4) is 0 Å². The molecule has 0 aliphatic heterocycles. The number of hydrogen-bond acceptors (Lipinski definition) is 1. The predicted molar refractivity (Wildman–Crippen MR) is 93.4 cm³/mol. The standard InChI is InChI=1S/C19H39N/c1-4-5-6-7-8-9-10-11-12-13-14-15-16-17-18-19-20(2)3/h5-6H,4,7-19H2,1-3H3/b6-5+. The van der Waals surface area contributed by atoms with Crippen molar-refractivity contribution in [2.75, 3.05) is 20.6 Å². The van der Waals surface area contributed by atoms with Gasteiger partial charge in [-0.3, -0.25) is 0 Å². The Labute approximate surface area is 128 Å². The Morgan fingerprint density at radius 2 is 1.05 bits per heavy atom. The lowest BCUT2D eigenvalue weighted by Gasteiger charge is -2.08. The van der Waals surface area contributed by atoms with Gasteiger partial charge in [0, 0.05) is 0 Å². The SMILES string of the molecule is CC/C=C/CCCCCCCCCCCCCN(C)C. The van der Waals surface area contributed by atoms with Crippen LogP contribution in [0.5, 0.6) is 0 Å². The maximum Gasteiger partial charge on any atom is -0.00248 e. The summed E-state index contributed by atoms with van der Waals surface area (Å²) in [5.41, 5.74) is 0. The van der Waals surface area contributed by atoms with E-state index in [2.05, 4.69) is 38.1 Å². The molecule has 0 aromatic carbocycles. The second-order valence-corrected chi connectivity index (χ2v) is 6.36. The van der Waals surface area contributed by atoms with Gasteiger partial charge in [-0.2, -0.15) is 0 Å². The van der Waals surface area contributed by atoms with Crippen molar-refractivity contribution >= 4 is 0 Å². The molecule has 0 aliphatic rings. The van der Waals surface area contributed by atoms with Crippen molar-refractivity contribution in [2.24, 2.45) is 0 Å². The zero-order valence-electron chi connectivity index (χ0n) is 14.5. The molecule has 0 saturated carbocycles. The van der Waals surface area contributed by atoms with E-state index in [4.69, 9.17) is 0 Å². The molecule has 0 bridgehead atoms. The molecular formula is C19H39N. The maximum absolute atomic E-state index is 2.34. The van der Waals surface area contributed by atoms with E-state index in [1.165, 1.54) is 90.0 Å². The Hall–Kier alpha value is -0.300. The van der Waals surface area contributed by atoms with E-state index in [1.54, 1.807) is 0 Å². The summed E-state index contributed by atoms with van der Waals surface area (Å²) in [5, 5.41) is 0. The lowest BCUT2D eigenvalue weighted by molar-refractivity contribution is 0.389. The van der Waals surface area contributed by atoms with Gasteiger partial charge in [0.1, 0.15) is 0 Å². The van der Waals surface area contributed by atoms with Crippen LogP contribution in [0.15, 0.2) is 12.2 Å². The first-order chi connectivity index (χ1) is 9.77. The third kappa shape index (κ3) is 17.7. The minimum atomic E-state index is 1.19. The van der Waals surface area contributed by atoms with Gasteiger partial charge >= 0.3 is 0 Å². The summed E-state index contributed by atoms with van der Waals surface area (Å²) < 4.78 is 0. The summed E-state index contributed by atoms with van der Waals surface area (Å²) in [6.07, 6.45) is 22.9. The van der Waals surface area contributed by atoms with Crippen LogP contribution in [0, 0.1) is 0 Å². The van der Waals surface area contributed by atoms with E-state index in [1.807, 2.05) is 0 Å². The Morgan fingerprint density at radius 3 is 1.50 bits per heavy atom. The van der Waals surface area contributed by atoms with E-state index < -0.39 is 0 Å². The monoisotopic (exact) mass is 281 g/mol. The first-order valence-electron chi connectivity index (χ1n) is 9.07. The van der Waals surface area contributed by atoms with Crippen molar-refractivity contribution in [1.29, 1.82) is 0 Å². The maximum atomic E-state index is 2.34. The summed E-state index contributed by atoms with van der Waals surface area (Å²) in [4.78, 5) is 2.29. The van der Waals surface area contributed by atoms with Gasteiger partial charge in [-0.1, -0.05) is 76.9 Å². The molecule has 0 unspecified atom stereocenters. The molecule has 0 heterocycles. The van der Waals surface area contributed by atoms with Crippen LogP contribution >= 0.6 is 0 Å². The smallest absolute Gasteiger partial charge is 0.00248 e. The van der Waals surface area contributed by atoms with Gasteiger partial charge in [-0.25, -0.2) is 0 Å². The highest BCUT2D eigenvalue weighted by Crippen LogP contribution is 2.12. The van der Waals surface area contributed by atoms with Gasteiger partial charge < -0.3 is 4.90 Å². The molecule has 0 N–H and O–H groups in total. The van der Waals surface area contributed by atoms with E-state index in [0.717, 1.165) is 0 Å². The summed E-state index contributed by atoms with van der Waals surface area (Å²) in [7, 11) is 4.33. The lowest BCUT2D eigenvalue weighted by Crippen LogP contribution is -2.12. The largest absolute Gasteiger partial charge is 0.309 e. The van der Waals surface area contributed by atoms with Crippen molar-refractivity contribution < 1.29 is 0 Å². The first-order valence-corrected chi connectivity index (χ1v) is 9.07. The minimum Gasteiger partial charge on any atom is -0.309 e. The molecule has 1 nitrogen and oxygen atoms in total. The molecule has 0 amide bonds. The van der Waals surface area contributed by atoms with Gasteiger partial charge in [0.2, 0.25) is 0 Å². The normalized spacial score (nSPS) is 11.8. The molecule has 0 spiro atoms. The predicted octanol–water partition coefficient (Wildman–Crippen LogP) is 6.20. The average molecular weight is 282 g/mol. The fourth-order valence-corrected chi connectivity index (χ4v) is 2.57. The van der Waals surface area contributed by atoms with E-state index in [0.29, 0.717) is 0 Å². The zero-order chi connectivity index (χ0) is 14.9. The Bertz CT molecular complexity index is 196. The number of rotatable bonds is 15. The molecule has 0 radical (unpaired) electrons. The molecule has 1 heteroatoms. The summed E-state index contributed by atoms with van der Waals surface area (Å²) in [6.45, 7) is 3.46. The second kappa shape index (κ2) is 16.8. The first kappa shape index (κ1) is 19.7.